The highest BCUT2D eigenvalue weighted by molar-refractivity contribution is 6.31. The van der Waals surface area contributed by atoms with Crippen molar-refractivity contribution in [1.29, 1.82) is 0 Å². The summed E-state index contributed by atoms with van der Waals surface area (Å²) in [6.45, 7) is 2.28. The van der Waals surface area contributed by atoms with Gasteiger partial charge in [-0.05, 0) is 30.2 Å². The lowest BCUT2D eigenvalue weighted by atomic mass is 10.1. The average Bonchev–Trinajstić information content (AvgIpc) is 2.39. The van der Waals surface area contributed by atoms with Gasteiger partial charge in [0.15, 0.2) is 0 Å². The van der Waals surface area contributed by atoms with Crippen molar-refractivity contribution in [3.8, 4) is 5.75 Å². The topological polar surface area (TPSA) is 46.5 Å². The van der Waals surface area contributed by atoms with Gasteiger partial charge in [0, 0.05) is 10.6 Å². The zero-order valence-corrected chi connectivity index (χ0v) is 11.9. The van der Waals surface area contributed by atoms with Crippen LogP contribution < -0.4 is 4.74 Å². The number of benzene rings is 2. The number of ether oxygens (including phenoxy) is 1. The van der Waals surface area contributed by atoms with Gasteiger partial charge in [0.1, 0.15) is 12.4 Å². The fourth-order valence-electron chi connectivity index (χ4n) is 1.93. The summed E-state index contributed by atoms with van der Waals surface area (Å²) < 4.78 is 5.73. The molecule has 0 fully saturated rings. The first-order valence-electron chi connectivity index (χ1n) is 6.24. The lowest BCUT2D eigenvalue weighted by Gasteiger charge is -2.11. The van der Waals surface area contributed by atoms with Crippen molar-refractivity contribution in [3.63, 3.8) is 0 Å². The average molecular weight is 291 g/mol. The van der Waals surface area contributed by atoms with Crippen LogP contribution in [0.15, 0.2) is 42.5 Å². The Balaban J connectivity index is 2.07. The highest BCUT2D eigenvalue weighted by atomic mass is 35.5. The fourth-order valence-corrected chi connectivity index (χ4v) is 2.12. The summed E-state index contributed by atoms with van der Waals surface area (Å²) in [6, 6.07) is 12.9. The van der Waals surface area contributed by atoms with Gasteiger partial charge in [-0.15, -0.1) is 0 Å². The van der Waals surface area contributed by atoms with Gasteiger partial charge < -0.3 is 9.84 Å². The van der Waals surface area contributed by atoms with Crippen molar-refractivity contribution in [2.75, 3.05) is 0 Å². The first kappa shape index (κ1) is 14.4. The Kier molecular flexibility index (Phi) is 4.64. The van der Waals surface area contributed by atoms with E-state index in [2.05, 4.69) is 0 Å². The van der Waals surface area contributed by atoms with E-state index in [1.165, 1.54) is 0 Å². The van der Waals surface area contributed by atoms with Crippen LogP contribution >= 0.6 is 11.6 Å². The van der Waals surface area contributed by atoms with E-state index in [1.807, 2.05) is 37.3 Å². The Labute approximate surface area is 122 Å². The number of rotatable bonds is 5. The van der Waals surface area contributed by atoms with Crippen LogP contribution in [0.25, 0.3) is 0 Å². The molecule has 4 heteroatoms. The van der Waals surface area contributed by atoms with Crippen LogP contribution in [0.2, 0.25) is 5.02 Å². The van der Waals surface area contributed by atoms with E-state index >= 15 is 0 Å². The molecule has 0 aliphatic rings. The summed E-state index contributed by atoms with van der Waals surface area (Å²) in [6.07, 6.45) is 0.0195. The van der Waals surface area contributed by atoms with Crippen LogP contribution in [0, 0.1) is 6.92 Å². The standard InChI is InChI=1S/C16H15ClO3/c1-11-8-12(9-16(18)19)6-7-15(11)20-10-13-4-2-3-5-14(13)17/h2-8H,9-10H2,1H3,(H,18,19). The third kappa shape index (κ3) is 3.75. The fraction of sp³-hybridized carbons (Fsp3) is 0.188. The van der Waals surface area contributed by atoms with Crippen molar-refractivity contribution in [2.45, 2.75) is 20.0 Å². The van der Waals surface area contributed by atoms with Gasteiger partial charge in [-0.3, -0.25) is 4.79 Å². The van der Waals surface area contributed by atoms with E-state index in [1.54, 1.807) is 12.1 Å². The van der Waals surface area contributed by atoms with E-state index < -0.39 is 5.97 Å². The molecule has 2 aromatic carbocycles. The maximum absolute atomic E-state index is 10.7. The van der Waals surface area contributed by atoms with Gasteiger partial charge in [0.25, 0.3) is 0 Å². The number of hydrogen-bond acceptors (Lipinski definition) is 2. The maximum atomic E-state index is 10.7. The summed E-state index contributed by atoms with van der Waals surface area (Å²) in [5.74, 6) is -0.104. The van der Waals surface area contributed by atoms with E-state index in [-0.39, 0.29) is 6.42 Å². The molecule has 0 unspecified atom stereocenters. The predicted octanol–water partition coefficient (Wildman–Crippen LogP) is 3.85. The normalized spacial score (nSPS) is 10.3. The van der Waals surface area contributed by atoms with Crippen molar-refractivity contribution in [3.05, 3.63) is 64.2 Å². The van der Waals surface area contributed by atoms with Gasteiger partial charge in [0.2, 0.25) is 0 Å². The molecule has 0 heterocycles. The molecule has 0 aliphatic carbocycles. The molecule has 0 radical (unpaired) electrons. The first-order chi connectivity index (χ1) is 9.56. The molecule has 0 aliphatic heterocycles. The zero-order chi connectivity index (χ0) is 14.5. The minimum absolute atomic E-state index is 0.0195. The minimum atomic E-state index is -0.839. The molecular weight excluding hydrogens is 276 g/mol. The van der Waals surface area contributed by atoms with Crippen molar-refractivity contribution in [1.82, 2.24) is 0 Å². The monoisotopic (exact) mass is 290 g/mol. The van der Waals surface area contributed by atoms with E-state index in [0.29, 0.717) is 11.6 Å². The Bertz CT molecular complexity index is 623. The maximum Gasteiger partial charge on any atom is 0.307 e. The Morgan fingerprint density at radius 2 is 2.00 bits per heavy atom. The Hall–Kier alpha value is -2.00. The number of carboxylic acids is 1. The third-order valence-corrected chi connectivity index (χ3v) is 3.30. The molecule has 104 valence electrons. The minimum Gasteiger partial charge on any atom is -0.489 e. The first-order valence-corrected chi connectivity index (χ1v) is 6.61. The quantitative estimate of drug-likeness (QED) is 0.909. The van der Waals surface area contributed by atoms with E-state index in [9.17, 15) is 4.79 Å². The zero-order valence-electron chi connectivity index (χ0n) is 11.1. The van der Waals surface area contributed by atoms with Crippen LogP contribution in [0.3, 0.4) is 0 Å². The molecule has 2 rings (SSSR count). The second-order valence-electron chi connectivity index (χ2n) is 4.55. The number of hydrogen-bond donors (Lipinski definition) is 1. The summed E-state index contributed by atoms with van der Waals surface area (Å²) in [5.41, 5.74) is 2.60. The van der Waals surface area contributed by atoms with Crippen molar-refractivity contribution in [2.24, 2.45) is 0 Å². The van der Waals surface area contributed by atoms with E-state index in [0.717, 1.165) is 22.4 Å². The number of carboxylic acid groups (broad SMARTS) is 1. The third-order valence-electron chi connectivity index (χ3n) is 2.94. The SMILES string of the molecule is Cc1cc(CC(=O)O)ccc1OCc1ccccc1Cl. The number of carbonyl (C=O) groups is 1. The largest absolute Gasteiger partial charge is 0.489 e. The molecule has 1 N–H and O–H groups in total. The summed E-state index contributed by atoms with van der Waals surface area (Å²) in [5, 5.41) is 9.44. The van der Waals surface area contributed by atoms with Crippen LogP contribution in [-0.4, -0.2) is 11.1 Å². The molecule has 3 nitrogen and oxygen atoms in total. The highest BCUT2D eigenvalue weighted by Crippen LogP contribution is 2.22. The summed E-state index contributed by atoms with van der Waals surface area (Å²) >= 11 is 6.07. The predicted molar refractivity (Wildman–Crippen MR) is 78.3 cm³/mol. The molecular formula is C16H15ClO3. The smallest absolute Gasteiger partial charge is 0.307 e. The molecule has 0 spiro atoms. The van der Waals surface area contributed by atoms with E-state index in [4.69, 9.17) is 21.4 Å². The molecule has 0 aromatic heterocycles. The number of aryl methyl sites for hydroxylation is 1. The van der Waals surface area contributed by atoms with Gasteiger partial charge >= 0.3 is 5.97 Å². The van der Waals surface area contributed by atoms with Gasteiger partial charge in [-0.1, -0.05) is 41.9 Å². The lowest BCUT2D eigenvalue weighted by Crippen LogP contribution is -2.02. The highest BCUT2D eigenvalue weighted by Gasteiger charge is 2.06. The van der Waals surface area contributed by atoms with Crippen LogP contribution in [0.1, 0.15) is 16.7 Å². The van der Waals surface area contributed by atoms with Crippen LogP contribution in [0.5, 0.6) is 5.75 Å². The summed E-state index contributed by atoms with van der Waals surface area (Å²) in [7, 11) is 0. The van der Waals surface area contributed by atoms with Gasteiger partial charge in [-0.2, -0.15) is 0 Å². The molecule has 2 aromatic rings. The van der Waals surface area contributed by atoms with Gasteiger partial charge in [-0.25, -0.2) is 0 Å². The van der Waals surface area contributed by atoms with Crippen LogP contribution in [0.4, 0.5) is 0 Å². The molecule has 0 atom stereocenters. The second-order valence-corrected chi connectivity index (χ2v) is 4.96. The molecule has 0 amide bonds. The van der Waals surface area contributed by atoms with Gasteiger partial charge in [0.05, 0.1) is 6.42 Å². The molecule has 20 heavy (non-hydrogen) atoms. The van der Waals surface area contributed by atoms with Crippen molar-refractivity contribution >= 4 is 17.6 Å². The second kappa shape index (κ2) is 6.44. The molecule has 0 bridgehead atoms. The van der Waals surface area contributed by atoms with Crippen molar-refractivity contribution < 1.29 is 14.6 Å². The van der Waals surface area contributed by atoms with Crippen LogP contribution in [-0.2, 0) is 17.8 Å². The lowest BCUT2D eigenvalue weighted by molar-refractivity contribution is -0.136. The Morgan fingerprint density at radius 3 is 2.65 bits per heavy atom. The number of aliphatic carboxylic acids is 1. The Morgan fingerprint density at radius 1 is 1.25 bits per heavy atom. The summed E-state index contributed by atoms with van der Waals surface area (Å²) in [4.78, 5) is 10.7. The molecule has 0 saturated heterocycles. The molecule has 0 saturated carbocycles. The number of halogens is 1.